The summed E-state index contributed by atoms with van der Waals surface area (Å²) in [7, 11) is 0. The lowest BCUT2D eigenvalue weighted by atomic mass is 9.33. The number of Topliss-reactive ketones (excluding diaryl/α,β-unsaturated/α-hetero) is 1. The number of β-amino-alcohol motifs (C(OH)–C–C–N with tert-alkyl or cyclic N) is 1. The van der Waals surface area contributed by atoms with E-state index in [0.717, 1.165) is 38.5 Å². The molecule has 11 atom stereocenters. The molecule has 1 heterocycles. The van der Waals surface area contributed by atoms with Crippen LogP contribution in [0.2, 0.25) is 0 Å². The first-order chi connectivity index (χ1) is 26.3. The van der Waals surface area contributed by atoms with Gasteiger partial charge in [-0.15, -0.1) is 0 Å². The van der Waals surface area contributed by atoms with Crippen molar-refractivity contribution in [3.8, 4) is 5.88 Å². The third-order valence-corrected chi connectivity index (χ3v) is 17.7. The Morgan fingerprint density at radius 1 is 0.929 bits per heavy atom. The molecule has 9 heteroatoms. The summed E-state index contributed by atoms with van der Waals surface area (Å²) in [6, 6.07) is 2.95. The third-order valence-electron chi connectivity index (χ3n) is 17.7. The van der Waals surface area contributed by atoms with E-state index in [1.807, 2.05) is 0 Å². The molecule has 4 N–H and O–H groups in total. The van der Waals surface area contributed by atoms with Crippen molar-refractivity contribution in [3.05, 3.63) is 59.3 Å². The zero-order valence-electron chi connectivity index (χ0n) is 34.9. The normalized spacial score (nSPS) is 40.4. The van der Waals surface area contributed by atoms with Gasteiger partial charge in [0.25, 0.3) is 0 Å². The number of carbonyl (C=O) groups is 3. The van der Waals surface area contributed by atoms with E-state index in [0.29, 0.717) is 55.4 Å². The zero-order chi connectivity index (χ0) is 40.6. The molecule has 0 aliphatic heterocycles. The Balaban J connectivity index is 1.13. The van der Waals surface area contributed by atoms with Crippen LogP contribution < -0.4 is 10.1 Å². The number of allylic oxidation sites excluding steroid dienone is 5. The number of pyridine rings is 1. The molecule has 56 heavy (non-hydrogen) atoms. The first kappa shape index (κ1) is 40.9. The summed E-state index contributed by atoms with van der Waals surface area (Å²) in [4.78, 5) is 40.6. The monoisotopic (exact) mass is 770 g/mol. The van der Waals surface area contributed by atoms with Crippen LogP contribution in [0.3, 0.4) is 0 Å². The van der Waals surface area contributed by atoms with E-state index < -0.39 is 23.5 Å². The number of carboxylic acids is 2. The van der Waals surface area contributed by atoms with Gasteiger partial charge in [0.2, 0.25) is 5.88 Å². The molecular weight excluding hydrogens is 705 g/mol. The first-order valence-corrected chi connectivity index (χ1v) is 21.3. The summed E-state index contributed by atoms with van der Waals surface area (Å²) in [5, 5.41) is 34.4. The van der Waals surface area contributed by atoms with Crippen molar-refractivity contribution < 1.29 is 34.4 Å². The molecule has 0 saturated heterocycles. The van der Waals surface area contributed by atoms with Crippen LogP contribution >= 0.6 is 0 Å². The van der Waals surface area contributed by atoms with Crippen molar-refractivity contribution >= 4 is 17.7 Å². The van der Waals surface area contributed by atoms with E-state index in [9.17, 15) is 29.7 Å². The summed E-state index contributed by atoms with van der Waals surface area (Å²) in [6.45, 7) is 21.1. The Hall–Kier alpha value is -3.30. The van der Waals surface area contributed by atoms with E-state index in [1.165, 1.54) is 61.2 Å². The molecule has 4 saturated carbocycles. The van der Waals surface area contributed by atoms with Crippen molar-refractivity contribution in [2.45, 2.75) is 137 Å². The fraction of sp³-hybridized carbons (Fsp3) is 0.702. The quantitative estimate of drug-likeness (QED) is 0.162. The molecule has 1 aromatic heterocycles. The van der Waals surface area contributed by atoms with Gasteiger partial charge in [0.05, 0.1) is 0 Å². The number of nitrogens with zero attached hydrogens (tertiary/aromatic N) is 1. The molecule has 0 bridgehead atoms. The predicted octanol–water partition coefficient (Wildman–Crippen LogP) is 8.83. The Labute approximate surface area is 333 Å². The van der Waals surface area contributed by atoms with E-state index in [-0.39, 0.29) is 51.0 Å². The average molecular weight is 771 g/mol. The van der Waals surface area contributed by atoms with Gasteiger partial charge >= 0.3 is 11.9 Å². The fourth-order valence-electron chi connectivity index (χ4n) is 14.5. The molecule has 9 nitrogen and oxygen atoms in total. The Bertz CT molecular complexity index is 1850. The van der Waals surface area contributed by atoms with Gasteiger partial charge in [0.15, 0.2) is 5.78 Å². The zero-order valence-corrected chi connectivity index (χ0v) is 34.9. The van der Waals surface area contributed by atoms with Gasteiger partial charge < -0.3 is 25.4 Å². The van der Waals surface area contributed by atoms with Gasteiger partial charge in [0, 0.05) is 18.3 Å². The number of rotatable bonds is 11. The second kappa shape index (κ2) is 14.2. The number of ether oxygens (including phenoxy) is 1. The predicted molar refractivity (Wildman–Crippen MR) is 216 cm³/mol. The Kier molecular flexibility index (Phi) is 10.4. The largest absolute Gasteiger partial charge is 0.481 e. The van der Waals surface area contributed by atoms with E-state index in [2.05, 4.69) is 70.6 Å². The van der Waals surface area contributed by atoms with Crippen LogP contribution in [0, 0.1) is 56.7 Å². The number of aliphatic carboxylic acids is 1. The van der Waals surface area contributed by atoms with Crippen molar-refractivity contribution in [2.75, 3.05) is 13.2 Å². The van der Waals surface area contributed by atoms with Crippen LogP contribution in [0.15, 0.2) is 53.8 Å². The second-order valence-electron chi connectivity index (χ2n) is 20.4. The summed E-state index contributed by atoms with van der Waals surface area (Å²) >= 11 is 0. The minimum absolute atomic E-state index is 0.0504. The van der Waals surface area contributed by atoms with Gasteiger partial charge in [-0.2, -0.15) is 0 Å². The molecule has 0 amide bonds. The van der Waals surface area contributed by atoms with E-state index in [1.54, 1.807) is 0 Å². The number of carbonyl (C=O) groups excluding carboxylic acids is 1. The number of carboxylic acid groups (broad SMARTS) is 2. The molecule has 0 unspecified atom stereocenters. The number of fused-ring (bicyclic) bond motifs is 7. The number of ketones is 1. The SMILES string of the molecule is C=C(C)[C@@H]1CC[C@]2(NC[C@@H](O)C(C)=O)CC[C@]3(C)[C@H](CC[C@@H]4[C@@]5(C)CC=C(C6=CC[C@](COc7ncccc7C(=O)O)(C(=O)O)CC6)C(C)(C)[C@@H]5CC[C@]43C)[C@@H]12. The summed E-state index contributed by atoms with van der Waals surface area (Å²) in [6.07, 6.45) is 16.7. The summed E-state index contributed by atoms with van der Waals surface area (Å²) in [5.74, 6) is 0.192. The van der Waals surface area contributed by atoms with Crippen LogP contribution in [-0.4, -0.2) is 62.8 Å². The molecule has 306 valence electrons. The number of hydrogen-bond acceptors (Lipinski definition) is 7. The lowest BCUT2D eigenvalue weighted by Gasteiger charge is -2.72. The minimum Gasteiger partial charge on any atom is -0.481 e. The van der Waals surface area contributed by atoms with Crippen molar-refractivity contribution in [1.82, 2.24) is 10.3 Å². The lowest BCUT2D eigenvalue weighted by molar-refractivity contribution is -0.221. The maximum atomic E-state index is 12.8. The second-order valence-corrected chi connectivity index (χ2v) is 20.4. The fourth-order valence-corrected chi connectivity index (χ4v) is 14.5. The molecule has 4 fully saturated rings. The highest BCUT2D eigenvalue weighted by atomic mass is 16.5. The van der Waals surface area contributed by atoms with Crippen LogP contribution in [0.4, 0.5) is 0 Å². The topological polar surface area (TPSA) is 146 Å². The van der Waals surface area contributed by atoms with Crippen molar-refractivity contribution in [3.63, 3.8) is 0 Å². The van der Waals surface area contributed by atoms with Crippen LogP contribution in [0.25, 0.3) is 0 Å². The molecule has 7 rings (SSSR count). The summed E-state index contributed by atoms with van der Waals surface area (Å²) < 4.78 is 5.84. The minimum atomic E-state index is -1.16. The molecular formula is C47H66N2O7. The number of aliphatic hydroxyl groups excluding tert-OH is 1. The standard InChI is InChI=1S/C47H66N2O7/c1-28(2)31-15-22-47(49-26-35(51)29(3)50)24-23-44(7)34(38(31)47)11-12-37-43(6)18-16-33(42(4,5)36(43)17-19-45(37,44)8)30-13-20-46(21-14-30,41(54)55)27-56-39-32(40(52)53)10-9-25-48-39/h9-10,13,16,25,31,34-38,49,51H,1,11-12,14-15,17-24,26-27H2,2-8H3,(H,52,53)(H,54,55)/t31-,34+,35+,36-,37+,38+,43-,44+,45+,46-,47-/m0/s1. The molecule has 6 aliphatic carbocycles. The smallest absolute Gasteiger partial charge is 0.341 e. The molecule has 0 radical (unpaired) electrons. The molecule has 1 aromatic rings. The number of aliphatic hydroxyl groups is 1. The van der Waals surface area contributed by atoms with Crippen molar-refractivity contribution in [1.29, 1.82) is 0 Å². The highest BCUT2D eigenvalue weighted by Gasteiger charge is 2.70. The number of hydrogen-bond donors (Lipinski definition) is 4. The van der Waals surface area contributed by atoms with Crippen molar-refractivity contribution in [2.24, 2.45) is 56.7 Å². The first-order valence-electron chi connectivity index (χ1n) is 21.3. The number of aromatic nitrogens is 1. The van der Waals surface area contributed by atoms with Crippen LogP contribution in [-0.2, 0) is 9.59 Å². The molecule has 6 aliphatic rings. The number of nitrogens with one attached hydrogen (secondary N) is 1. The average Bonchev–Trinajstić information content (AvgIpc) is 3.53. The Morgan fingerprint density at radius 2 is 1.68 bits per heavy atom. The maximum Gasteiger partial charge on any atom is 0.341 e. The van der Waals surface area contributed by atoms with Crippen LogP contribution in [0.5, 0.6) is 5.88 Å². The molecule has 0 aromatic carbocycles. The van der Waals surface area contributed by atoms with Crippen LogP contribution in [0.1, 0.15) is 136 Å². The maximum absolute atomic E-state index is 12.8. The summed E-state index contributed by atoms with van der Waals surface area (Å²) in [5.41, 5.74) is 2.98. The Morgan fingerprint density at radius 3 is 2.32 bits per heavy atom. The van der Waals surface area contributed by atoms with Gasteiger partial charge in [-0.05, 0) is 165 Å². The van der Waals surface area contributed by atoms with Gasteiger partial charge in [-0.1, -0.05) is 58.9 Å². The van der Waals surface area contributed by atoms with E-state index >= 15 is 0 Å². The van der Waals surface area contributed by atoms with E-state index in [4.69, 9.17) is 4.74 Å². The lowest BCUT2D eigenvalue weighted by Crippen LogP contribution is -2.68. The highest BCUT2D eigenvalue weighted by molar-refractivity contribution is 5.90. The van der Waals surface area contributed by atoms with Gasteiger partial charge in [0.1, 0.15) is 23.7 Å². The highest BCUT2D eigenvalue weighted by Crippen LogP contribution is 2.76. The van der Waals surface area contributed by atoms with Gasteiger partial charge in [-0.25, -0.2) is 9.78 Å². The third kappa shape index (κ3) is 6.15. The van der Waals surface area contributed by atoms with Gasteiger partial charge in [-0.3, -0.25) is 9.59 Å². The number of aromatic carboxylic acids is 1. The molecule has 0 spiro atoms.